The highest BCUT2D eigenvalue weighted by molar-refractivity contribution is 6.11. The molecule has 0 saturated heterocycles. The molecule has 0 atom stereocenters. The van der Waals surface area contributed by atoms with E-state index in [0.717, 1.165) is 24.2 Å². The number of anilines is 3. The predicted octanol–water partition coefficient (Wildman–Crippen LogP) is 15.4. The first-order chi connectivity index (χ1) is 29.7. The van der Waals surface area contributed by atoms with E-state index in [1.807, 2.05) is 0 Å². The van der Waals surface area contributed by atoms with Gasteiger partial charge in [-0.2, -0.15) is 0 Å². The summed E-state index contributed by atoms with van der Waals surface area (Å²) in [6, 6.07) is 80.5. The standard InChI is InChI=1S/C58H40N2/c1-3-13-39(14-4-1)40-27-31-49(32-28-40)59(55-34-30-47-36-45-19-10-16-41-15-9-18-44(57(41)45)35-46-20-12-25-52(55)58(46)47)50-23-11-17-42(37-50)43-29-33-56-53(38-43)51-24-7-8-26-54(51)60(56)48-21-5-2-6-22-48/h1-34,37-38H,35-36H2. The highest BCUT2D eigenvalue weighted by Gasteiger charge is 2.22. The number of hydrogen-bond acceptors (Lipinski definition) is 1. The molecule has 1 aliphatic rings. The number of benzene rings is 10. The van der Waals surface area contributed by atoms with Crippen LogP contribution in [-0.4, -0.2) is 4.57 Å². The van der Waals surface area contributed by atoms with E-state index in [1.165, 1.54) is 99.2 Å². The Bertz CT molecular complexity index is 3370. The SMILES string of the molecule is c1ccc(-c2ccc(N(c3cccc(-c4ccc5c(c4)c4ccccc4n5-c4ccccc4)c3)c3ccc4c5c(cccc35)Cc3cccc5cccc(c35)C4)cc2)cc1. The predicted molar refractivity (Wildman–Crippen MR) is 253 cm³/mol. The van der Waals surface area contributed by atoms with Gasteiger partial charge in [-0.25, -0.2) is 0 Å². The fourth-order valence-electron chi connectivity index (χ4n) is 9.93. The van der Waals surface area contributed by atoms with Crippen LogP contribution in [0.4, 0.5) is 17.1 Å². The second-order valence-corrected chi connectivity index (χ2v) is 16.1. The lowest BCUT2D eigenvalue weighted by atomic mass is 9.85. The van der Waals surface area contributed by atoms with Crippen LogP contribution in [0.2, 0.25) is 0 Å². The average molecular weight is 765 g/mol. The minimum atomic E-state index is 0.895. The number of para-hydroxylation sites is 2. The normalized spacial score (nSPS) is 12.2. The molecule has 0 aliphatic heterocycles. The third-order valence-corrected chi connectivity index (χ3v) is 12.6. The van der Waals surface area contributed by atoms with Crippen molar-refractivity contribution in [1.82, 2.24) is 4.57 Å². The van der Waals surface area contributed by atoms with Gasteiger partial charge in [-0.15, -0.1) is 0 Å². The van der Waals surface area contributed by atoms with Gasteiger partial charge in [0.25, 0.3) is 0 Å². The fourth-order valence-corrected chi connectivity index (χ4v) is 9.93. The summed E-state index contributed by atoms with van der Waals surface area (Å²) in [7, 11) is 0. The van der Waals surface area contributed by atoms with Gasteiger partial charge in [0.05, 0.1) is 16.7 Å². The third-order valence-electron chi connectivity index (χ3n) is 12.6. The number of nitrogens with zero attached hydrogens (tertiary/aromatic N) is 2. The number of hydrogen-bond donors (Lipinski definition) is 0. The molecular weight excluding hydrogens is 725 g/mol. The maximum absolute atomic E-state index is 2.47. The van der Waals surface area contributed by atoms with E-state index in [9.17, 15) is 0 Å². The van der Waals surface area contributed by atoms with Gasteiger partial charge in [0.15, 0.2) is 0 Å². The summed E-state index contributed by atoms with van der Waals surface area (Å²) in [5.74, 6) is 0. The summed E-state index contributed by atoms with van der Waals surface area (Å²) in [5, 5.41) is 7.87. The third kappa shape index (κ3) is 5.64. The second-order valence-electron chi connectivity index (χ2n) is 16.1. The van der Waals surface area contributed by atoms with Crippen molar-refractivity contribution >= 4 is 60.4 Å². The maximum Gasteiger partial charge on any atom is 0.0541 e. The Morgan fingerprint density at radius 1 is 0.333 bits per heavy atom. The molecule has 0 radical (unpaired) electrons. The molecule has 0 unspecified atom stereocenters. The van der Waals surface area contributed by atoms with Crippen LogP contribution in [0.1, 0.15) is 22.3 Å². The molecule has 2 nitrogen and oxygen atoms in total. The van der Waals surface area contributed by atoms with Gasteiger partial charge < -0.3 is 9.47 Å². The van der Waals surface area contributed by atoms with Crippen LogP contribution in [0.25, 0.3) is 71.3 Å². The van der Waals surface area contributed by atoms with Gasteiger partial charge in [0.2, 0.25) is 0 Å². The van der Waals surface area contributed by atoms with Gasteiger partial charge in [-0.1, -0.05) is 158 Å². The van der Waals surface area contributed by atoms with Crippen molar-refractivity contribution in [2.24, 2.45) is 0 Å². The molecule has 60 heavy (non-hydrogen) atoms. The van der Waals surface area contributed by atoms with Gasteiger partial charge in [-0.3, -0.25) is 0 Å². The van der Waals surface area contributed by atoms with Crippen LogP contribution in [-0.2, 0) is 12.8 Å². The molecule has 0 fully saturated rings. The molecule has 11 aromatic rings. The lowest BCUT2D eigenvalue weighted by Gasteiger charge is -2.29. The number of rotatable bonds is 6. The van der Waals surface area contributed by atoms with Crippen LogP contribution in [0, 0.1) is 0 Å². The van der Waals surface area contributed by atoms with Crippen LogP contribution >= 0.6 is 0 Å². The van der Waals surface area contributed by atoms with Crippen LogP contribution < -0.4 is 4.90 Å². The van der Waals surface area contributed by atoms with Crippen molar-refractivity contribution < 1.29 is 0 Å². The van der Waals surface area contributed by atoms with Crippen molar-refractivity contribution in [2.45, 2.75) is 12.8 Å². The van der Waals surface area contributed by atoms with E-state index in [4.69, 9.17) is 0 Å². The fraction of sp³-hybridized carbons (Fsp3) is 0.0345. The van der Waals surface area contributed by atoms with Crippen molar-refractivity contribution in [3.05, 3.63) is 241 Å². The van der Waals surface area contributed by atoms with E-state index in [-0.39, 0.29) is 0 Å². The van der Waals surface area contributed by atoms with E-state index >= 15 is 0 Å². The Labute approximate surface area is 349 Å². The van der Waals surface area contributed by atoms with Gasteiger partial charge >= 0.3 is 0 Å². The molecule has 2 heteroatoms. The lowest BCUT2D eigenvalue weighted by Crippen LogP contribution is -2.12. The molecule has 0 N–H and O–H groups in total. The minimum absolute atomic E-state index is 0.895. The van der Waals surface area contributed by atoms with Gasteiger partial charge in [-0.05, 0) is 134 Å². The molecule has 10 aromatic carbocycles. The molecule has 1 heterocycles. The molecule has 0 bridgehead atoms. The monoisotopic (exact) mass is 764 g/mol. The van der Waals surface area contributed by atoms with E-state index < -0.39 is 0 Å². The van der Waals surface area contributed by atoms with E-state index in [1.54, 1.807) is 0 Å². The molecule has 0 amide bonds. The Hall–Kier alpha value is -7.68. The summed E-state index contributed by atoms with van der Waals surface area (Å²) < 4.78 is 2.38. The topological polar surface area (TPSA) is 8.17 Å². The minimum Gasteiger partial charge on any atom is -0.310 e. The molecule has 282 valence electrons. The number of fused-ring (bicyclic) bond motifs is 3. The molecular formula is C58H40N2. The Morgan fingerprint density at radius 3 is 1.68 bits per heavy atom. The molecule has 1 aliphatic carbocycles. The Kier molecular flexibility index (Phi) is 8.02. The average Bonchev–Trinajstić information content (AvgIpc) is 3.64. The Balaban J connectivity index is 1.03. The first-order valence-corrected chi connectivity index (χ1v) is 20.9. The van der Waals surface area contributed by atoms with Crippen molar-refractivity contribution in [3.8, 4) is 27.9 Å². The molecule has 0 saturated carbocycles. The smallest absolute Gasteiger partial charge is 0.0541 e. The maximum atomic E-state index is 2.47. The van der Waals surface area contributed by atoms with E-state index in [0.29, 0.717) is 0 Å². The van der Waals surface area contributed by atoms with Crippen molar-refractivity contribution in [2.75, 3.05) is 4.90 Å². The highest BCUT2D eigenvalue weighted by Crippen LogP contribution is 2.45. The molecule has 0 spiro atoms. The first kappa shape index (κ1) is 34.4. The molecule has 12 rings (SSSR count). The van der Waals surface area contributed by atoms with Gasteiger partial charge in [0, 0.05) is 33.2 Å². The largest absolute Gasteiger partial charge is 0.310 e. The zero-order valence-corrected chi connectivity index (χ0v) is 33.1. The van der Waals surface area contributed by atoms with Crippen LogP contribution in [0.15, 0.2) is 218 Å². The van der Waals surface area contributed by atoms with Crippen molar-refractivity contribution in [1.29, 1.82) is 0 Å². The molecule has 1 aromatic heterocycles. The zero-order chi connectivity index (χ0) is 39.6. The summed E-state index contributed by atoms with van der Waals surface area (Å²) in [6.07, 6.45) is 1.79. The summed E-state index contributed by atoms with van der Waals surface area (Å²) in [5.41, 5.74) is 17.3. The van der Waals surface area contributed by atoms with Crippen molar-refractivity contribution in [3.63, 3.8) is 0 Å². The first-order valence-electron chi connectivity index (χ1n) is 20.9. The summed E-state index contributed by atoms with van der Waals surface area (Å²) in [6.45, 7) is 0. The zero-order valence-electron chi connectivity index (χ0n) is 33.1. The van der Waals surface area contributed by atoms with Crippen LogP contribution in [0.5, 0.6) is 0 Å². The van der Waals surface area contributed by atoms with Crippen LogP contribution in [0.3, 0.4) is 0 Å². The highest BCUT2D eigenvalue weighted by atomic mass is 15.1. The van der Waals surface area contributed by atoms with E-state index in [2.05, 4.69) is 228 Å². The Morgan fingerprint density at radius 2 is 0.900 bits per heavy atom. The quantitative estimate of drug-likeness (QED) is 0.164. The van der Waals surface area contributed by atoms with Gasteiger partial charge in [0.1, 0.15) is 0 Å². The summed E-state index contributed by atoms with van der Waals surface area (Å²) >= 11 is 0. The lowest BCUT2D eigenvalue weighted by molar-refractivity contribution is 1.16. The number of aromatic nitrogens is 1. The second kappa shape index (κ2) is 14.0. The summed E-state index contributed by atoms with van der Waals surface area (Å²) in [4.78, 5) is 2.47.